The summed E-state index contributed by atoms with van der Waals surface area (Å²) in [5.41, 5.74) is 0. The van der Waals surface area contributed by atoms with Crippen molar-refractivity contribution in [2.75, 3.05) is 13.2 Å². The van der Waals surface area contributed by atoms with Gasteiger partial charge in [0.1, 0.15) is 12.7 Å². The third kappa shape index (κ3) is 7.46. The predicted molar refractivity (Wildman–Crippen MR) is 63.2 cm³/mol. The minimum atomic E-state index is -0.0996. The van der Waals surface area contributed by atoms with Crippen LogP contribution < -0.4 is 0 Å². The molecule has 1 aliphatic rings. The van der Waals surface area contributed by atoms with Gasteiger partial charge < -0.3 is 9.47 Å². The average Bonchev–Trinajstić information content (AvgIpc) is 3.09. The largest absolute Gasteiger partial charge is 0.463 e. The molecule has 1 unspecified atom stereocenters. The fourth-order valence-electron chi connectivity index (χ4n) is 1.34. The van der Waals surface area contributed by atoms with Gasteiger partial charge in [0.2, 0.25) is 0 Å². The van der Waals surface area contributed by atoms with E-state index < -0.39 is 0 Å². The van der Waals surface area contributed by atoms with Gasteiger partial charge in [0, 0.05) is 6.42 Å². The van der Waals surface area contributed by atoms with Gasteiger partial charge in [-0.2, -0.15) is 0 Å². The molecule has 1 rings (SSSR count). The second-order valence-electron chi connectivity index (χ2n) is 4.14. The Morgan fingerprint density at radius 2 is 2.06 bits per heavy atom. The minimum absolute atomic E-state index is 0.0996. The summed E-state index contributed by atoms with van der Waals surface area (Å²) in [5, 5.41) is 0. The van der Waals surface area contributed by atoms with Gasteiger partial charge in [-0.3, -0.25) is 4.79 Å². The first-order valence-corrected chi connectivity index (χ1v) is 6.25. The molecule has 3 nitrogen and oxygen atoms in total. The van der Waals surface area contributed by atoms with E-state index in [0.29, 0.717) is 13.0 Å². The topological polar surface area (TPSA) is 38.8 Å². The lowest BCUT2D eigenvalue weighted by Crippen LogP contribution is -2.09. The van der Waals surface area contributed by atoms with E-state index in [2.05, 4.69) is 19.1 Å². The molecule has 0 bridgehead atoms. The summed E-state index contributed by atoms with van der Waals surface area (Å²) in [6.45, 7) is 3.37. The fourth-order valence-corrected chi connectivity index (χ4v) is 1.34. The summed E-state index contributed by atoms with van der Waals surface area (Å²) < 4.78 is 9.97. The van der Waals surface area contributed by atoms with Crippen molar-refractivity contribution in [1.29, 1.82) is 0 Å². The number of allylic oxidation sites excluding steroid dienone is 2. The van der Waals surface area contributed by atoms with E-state index in [0.717, 1.165) is 25.9 Å². The summed E-state index contributed by atoms with van der Waals surface area (Å²) in [7, 11) is 0. The average molecular weight is 226 g/mol. The van der Waals surface area contributed by atoms with Crippen LogP contribution in [0.1, 0.15) is 45.4 Å². The molecule has 0 N–H and O–H groups in total. The Kier molecular flexibility index (Phi) is 6.90. The molecule has 0 spiro atoms. The Balaban J connectivity index is 1.85. The maximum Gasteiger partial charge on any atom is 0.305 e. The molecular weight excluding hydrogens is 204 g/mol. The summed E-state index contributed by atoms with van der Waals surface area (Å²) >= 11 is 0. The van der Waals surface area contributed by atoms with Crippen LogP contribution in [0.2, 0.25) is 0 Å². The molecule has 0 aromatic carbocycles. The van der Waals surface area contributed by atoms with Crippen molar-refractivity contribution < 1.29 is 14.3 Å². The second-order valence-corrected chi connectivity index (χ2v) is 4.14. The lowest BCUT2D eigenvalue weighted by atomic mass is 10.2. The van der Waals surface area contributed by atoms with E-state index in [9.17, 15) is 4.79 Å². The van der Waals surface area contributed by atoms with Crippen LogP contribution in [-0.2, 0) is 14.3 Å². The molecule has 92 valence electrons. The molecule has 0 saturated carbocycles. The highest BCUT2D eigenvalue weighted by Crippen LogP contribution is 2.09. The van der Waals surface area contributed by atoms with Crippen molar-refractivity contribution in [2.24, 2.45) is 0 Å². The van der Waals surface area contributed by atoms with Crippen LogP contribution >= 0.6 is 0 Å². The fraction of sp³-hybridized carbons (Fsp3) is 0.769. The van der Waals surface area contributed by atoms with Crippen LogP contribution in [-0.4, -0.2) is 25.3 Å². The van der Waals surface area contributed by atoms with Gasteiger partial charge in [-0.15, -0.1) is 0 Å². The lowest BCUT2D eigenvalue weighted by Gasteiger charge is -2.00. The normalized spacial score (nSPS) is 18.9. The standard InChI is InChI=1S/C13H22O3/c1-2-3-4-5-6-7-8-9-13(14)16-11-12-10-15-12/h5-6,12H,2-4,7-11H2,1H3/b6-5+. The number of hydrogen-bond donors (Lipinski definition) is 0. The summed E-state index contributed by atoms with van der Waals surface area (Å²) in [6, 6.07) is 0. The molecule has 3 heteroatoms. The zero-order chi connectivity index (χ0) is 11.6. The molecule has 1 atom stereocenters. The molecule has 1 fully saturated rings. The van der Waals surface area contributed by atoms with Crippen molar-refractivity contribution in [1.82, 2.24) is 0 Å². The van der Waals surface area contributed by atoms with Crippen molar-refractivity contribution in [2.45, 2.75) is 51.6 Å². The Morgan fingerprint density at radius 3 is 2.69 bits per heavy atom. The van der Waals surface area contributed by atoms with E-state index in [1.807, 2.05) is 0 Å². The van der Waals surface area contributed by atoms with Crippen molar-refractivity contribution >= 4 is 5.97 Å². The van der Waals surface area contributed by atoms with E-state index in [4.69, 9.17) is 9.47 Å². The van der Waals surface area contributed by atoms with Gasteiger partial charge in [0.25, 0.3) is 0 Å². The number of ether oxygens (including phenoxy) is 2. The number of rotatable bonds is 9. The highest BCUT2D eigenvalue weighted by atomic mass is 16.6. The van der Waals surface area contributed by atoms with Gasteiger partial charge in [0.05, 0.1) is 6.61 Å². The maximum atomic E-state index is 11.2. The van der Waals surface area contributed by atoms with Crippen molar-refractivity contribution in [3.05, 3.63) is 12.2 Å². The highest BCUT2D eigenvalue weighted by Gasteiger charge is 2.23. The lowest BCUT2D eigenvalue weighted by molar-refractivity contribution is -0.144. The summed E-state index contributed by atoms with van der Waals surface area (Å²) in [6.07, 6.45) is 10.5. The van der Waals surface area contributed by atoms with Crippen molar-refractivity contribution in [3.8, 4) is 0 Å². The first kappa shape index (κ1) is 13.2. The Hall–Kier alpha value is -0.830. The van der Waals surface area contributed by atoms with Crippen LogP contribution in [0.4, 0.5) is 0 Å². The van der Waals surface area contributed by atoms with E-state index >= 15 is 0 Å². The van der Waals surface area contributed by atoms with Gasteiger partial charge in [-0.25, -0.2) is 0 Å². The summed E-state index contributed by atoms with van der Waals surface area (Å²) in [4.78, 5) is 11.2. The first-order valence-electron chi connectivity index (χ1n) is 6.25. The number of hydrogen-bond acceptors (Lipinski definition) is 3. The summed E-state index contributed by atoms with van der Waals surface area (Å²) in [5.74, 6) is -0.0996. The van der Waals surface area contributed by atoms with Crippen LogP contribution in [0.15, 0.2) is 12.2 Å². The van der Waals surface area contributed by atoms with Gasteiger partial charge in [0.15, 0.2) is 0 Å². The van der Waals surface area contributed by atoms with Crippen molar-refractivity contribution in [3.63, 3.8) is 0 Å². The van der Waals surface area contributed by atoms with Crippen LogP contribution in [0.5, 0.6) is 0 Å². The molecule has 1 saturated heterocycles. The minimum Gasteiger partial charge on any atom is -0.463 e. The van der Waals surface area contributed by atoms with E-state index in [1.165, 1.54) is 12.8 Å². The molecular formula is C13H22O3. The van der Waals surface area contributed by atoms with E-state index in [1.54, 1.807) is 0 Å². The van der Waals surface area contributed by atoms with Crippen LogP contribution in [0.25, 0.3) is 0 Å². The third-order valence-corrected chi connectivity index (χ3v) is 2.48. The highest BCUT2D eigenvalue weighted by molar-refractivity contribution is 5.69. The Labute approximate surface area is 97.8 Å². The zero-order valence-corrected chi connectivity index (χ0v) is 10.1. The third-order valence-electron chi connectivity index (χ3n) is 2.48. The van der Waals surface area contributed by atoms with Gasteiger partial charge in [-0.1, -0.05) is 31.9 Å². The SMILES string of the molecule is CCCC/C=C/CCCC(=O)OCC1CO1. The van der Waals surface area contributed by atoms with Crippen LogP contribution in [0.3, 0.4) is 0 Å². The first-order chi connectivity index (χ1) is 7.83. The molecule has 0 aromatic heterocycles. The molecule has 0 amide bonds. The van der Waals surface area contributed by atoms with Crippen LogP contribution in [0, 0.1) is 0 Å². The zero-order valence-electron chi connectivity index (χ0n) is 10.1. The predicted octanol–water partition coefficient (Wildman–Crippen LogP) is 2.85. The number of carbonyl (C=O) groups is 1. The quantitative estimate of drug-likeness (QED) is 0.263. The molecule has 1 aliphatic heterocycles. The molecule has 1 heterocycles. The number of esters is 1. The molecule has 0 aromatic rings. The molecule has 0 radical (unpaired) electrons. The van der Waals surface area contributed by atoms with Gasteiger partial charge in [-0.05, 0) is 19.3 Å². The number of carbonyl (C=O) groups excluding carboxylic acids is 1. The Bertz CT molecular complexity index is 219. The van der Waals surface area contributed by atoms with Gasteiger partial charge >= 0.3 is 5.97 Å². The molecule has 16 heavy (non-hydrogen) atoms. The second kappa shape index (κ2) is 8.34. The molecule has 0 aliphatic carbocycles. The smallest absolute Gasteiger partial charge is 0.305 e. The number of unbranched alkanes of at least 4 members (excludes halogenated alkanes) is 3. The maximum absolute atomic E-state index is 11.2. The van der Waals surface area contributed by atoms with E-state index in [-0.39, 0.29) is 12.1 Å². The number of epoxide rings is 1. The monoisotopic (exact) mass is 226 g/mol. The Morgan fingerprint density at radius 1 is 1.38 bits per heavy atom.